The molecule has 2 rings (SSSR count). The molecule has 0 unspecified atom stereocenters. The van der Waals surface area contributed by atoms with Crippen LogP contribution < -0.4 is 5.32 Å². The highest BCUT2D eigenvalue weighted by atomic mass is 35.5. The molecule has 0 aliphatic carbocycles. The lowest BCUT2D eigenvalue weighted by Gasteiger charge is -2.10. The molecule has 2 heterocycles. The fourth-order valence-electron chi connectivity index (χ4n) is 1.73. The van der Waals surface area contributed by atoms with E-state index in [0.717, 1.165) is 36.5 Å². The fourth-order valence-corrected chi connectivity index (χ4v) is 2.00. The summed E-state index contributed by atoms with van der Waals surface area (Å²) in [4.78, 5) is 8.19. The normalized spacial score (nSPS) is 10.6. The number of hydrogen-bond donors (Lipinski definition) is 1. The van der Waals surface area contributed by atoms with Crippen molar-refractivity contribution in [3.8, 4) is 0 Å². The topological polar surface area (TPSA) is 55.6 Å². The van der Waals surface area contributed by atoms with E-state index < -0.39 is 0 Å². The third-order valence-electron chi connectivity index (χ3n) is 2.64. The van der Waals surface area contributed by atoms with Gasteiger partial charge in [-0.1, -0.05) is 18.5 Å². The first-order valence-corrected chi connectivity index (χ1v) is 6.30. The lowest BCUT2D eigenvalue weighted by atomic mass is 10.2. The van der Waals surface area contributed by atoms with Gasteiger partial charge in [0, 0.05) is 18.3 Å². The van der Waals surface area contributed by atoms with Gasteiger partial charge in [-0.25, -0.2) is 9.97 Å². The van der Waals surface area contributed by atoms with Crippen LogP contribution in [-0.2, 0) is 13.0 Å². The van der Waals surface area contributed by atoms with Crippen LogP contribution in [0.1, 0.15) is 18.1 Å². The van der Waals surface area contributed by atoms with Crippen molar-refractivity contribution in [2.24, 2.45) is 0 Å². The van der Waals surface area contributed by atoms with Gasteiger partial charge >= 0.3 is 0 Å². The number of halogens is 1. The Morgan fingerprint density at radius 1 is 1.39 bits per heavy atom. The summed E-state index contributed by atoms with van der Waals surface area (Å²) in [6.07, 6.45) is 6.14. The van der Waals surface area contributed by atoms with E-state index in [0.29, 0.717) is 5.15 Å². The van der Waals surface area contributed by atoms with Crippen LogP contribution in [0.2, 0.25) is 5.15 Å². The quantitative estimate of drug-likeness (QED) is 0.843. The first-order chi connectivity index (χ1) is 8.70. The average molecular weight is 266 g/mol. The second-order valence-electron chi connectivity index (χ2n) is 4.05. The smallest absolute Gasteiger partial charge is 0.137 e. The maximum absolute atomic E-state index is 6.02. The summed E-state index contributed by atoms with van der Waals surface area (Å²) >= 11 is 6.02. The van der Waals surface area contributed by atoms with E-state index in [1.165, 1.54) is 6.33 Å². The van der Waals surface area contributed by atoms with E-state index in [-0.39, 0.29) is 0 Å². The molecule has 18 heavy (non-hydrogen) atoms. The summed E-state index contributed by atoms with van der Waals surface area (Å²) in [6.45, 7) is 5.60. The van der Waals surface area contributed by atoms with Gasteiger partial charge in [0.25, 0.3) is 0 Å². The largest absolute Gasteiger partial charge is 0.368 e. The number of nitrogens with one attached hydrogen (secondary N) is 1. The summed E-state index contributed by atoms with van der Waals surface area (Å²) in [5, 5.41) is 8.01. The Hall–Kier alpha value is -1.62. The first kappa shape index (κ1) is 12.8. The van der Waals surface area contributed by atoms with Crippen molar-refractivity contribution in [3.63, 3.8) is 0 Å². The Morgan fingerprint density at radius 2 is 2.22 bits per heavy atom. The van der Waals surface area contributed by atoms with Crippen LogP contribution in [0.3, 0.4) is 0 Å². The molecule has 6 heteroatoms. The van der Waals surface area contributed by atoms with Crippen LogP contribution >= 0.6 is 11.6 Å². The van der Waals surface area contributed by atoms with Gasteiger partial charge in [-0.05, 0) is 18.9 Å². The number of hydrogen-bond acceptors (Lipinski definition) is 4. The molecular formula is C12H16ClN5. The third-order valence-corrected chi connectivity index (χ3v) is 2.97. The number of aromatic nitrogens is 4. The van der Waals surface area contributed by atoms with E-state index >= 15 is 0 Å². The molecule has 0 amide bonds. The Bertz CT molecular complexity index is 523. The molecule has 0 atom stereocenters. The van der Waals surface area contributed by atoms with Gasteiger partial charge in [0.2, 0.25) is 0 Å². The van der Waals surface area contributed by atoms with Crippen molar-refractivity contribution < 1.29 is 0 Å². The molecule has 0 spiro atoms. The molecular weight excluding hydrogens is 250 g/mol. The number of rotatable bonds is 5. The Labute approximate surface area is 111 Å². The minimum atomic E-state index is 0.518. The van der Waals surface area contributed by atoms with Gasteiger partial charge in [0.15, 0.2) is 0 Å². The van der Waals surface area contributed by atoms with Crippen LogP contribution in [0.25, 0.3) is 0 Å². The van der Waals surface area contributed by atoms with E-state index in [4.69, 9.17) is 11.6 Å². The zero-order valence-corrected chi connectivity index (χ0v) is 11.3. The average Bonchev–Trinajstić information content (AvgIpc) is 2.75. The lowest BCUT2D eigenvalue weighted by molar-refractivity contribution is 0.636. The summed E-state index contributed by atoms with van der Waals surface area (Å²) in [5.74, 6) is 0.807. The van der Waals surface area contributed by atoms with Crippen LogP contribution in [0.5, 0.6) is 0 Å². The fraction of sp³-hybridized carbons (Fsp3) is 0.417. The molecule has 0 bridgehead atoms. The van der Waals surface area contributed by atoms with Crippen LogP contribution in [0, 0.1) is 6.92 Å². The highest BCUT2D eigenvalue weighted by molar-refractivity contribution is 6.30. The zero-order valence-electron chi connectivity index (χ0n) is 10.5. The first-order valence-electron chi connectivity index (χ1n) is 5.93. The van der Waals surface area contributed by atoms with Crippen molar-refractivity contribution in [3.05, 3.63) is 35.0 Å². The Morgan fingerprint density at radius 3 is 2.89 bits per heavy atom. The third kappa shape index (κ3) is 2.98. The monoisotopic (exact) mass is 265 g/mol. The molecule has 0 saturated carbocycles. The molecule has 2 aromatic heterocycles. The second kappa shape index (κ2) is 5.82. The zero-order chi connectivity index (χ0) is 13.0. The summed E-state index contributed by atoms with van der Waals surface area (Å²) < 4.78 is 1.90. The molecule has 0 aliphatic heterocycles. The predicted molar refractivity (Wildman–Crippen MR) is 71.9 cm³/mol. The SMILES string of the molecule is CCc1c(Cl)ncnc1NCCn1cc(C)cn1. The minimum absolute atomic E-state index is 0.518. The van der Waals surface area contributed by atoms with Gasteiger partial charge in [0.05, 0.1) is 12.7 Å². The van der Waals surface area contributed by atoms with Gasteiger partial charge in [-0.2, -0.15) is 5.10 Å². The van der Waals surface area contributed by atoms with E-state index in [1.54, 1.807) is 0 Å². The van der Waals surface area contributed by atoms with Gasteiger partial charge < -0.3 is 5.32 Å². The van der Waals surface area contributed by atoms with E-state index in [1.807, 2.05) is 30.9 Å². The molecule has 0 aliphatic rings. The summed E-state index contributed by atoms with van der Waals surface area (Å²) in [7, 11) is 0. The van der Waals surface area contributed by atoms with Crippen molar-refractivity contribution >= 4 is 17.4 Å². The highest BCUT2D eigenvalue weighted by Crippen LogP contribution is 2.19. The predicted octanol–water partition coefficient (Wildman–Crippen LogP) is 2.31. The van der Waals surface area contributed by atoms with Crippen molar-refractivity contribution in [2.45, 2.75) is 26.8 Å². The number of nitrogens with zero attached hydrogens (tertiary/aromatic N) is 4. The maximum atomic E-state index is 6.02. The van der Waals surface area contributed by atoms with Crippen LogP contribution in [-0.4, -0.2) is 26.3 Å². The van der Waals surface area contributed by atoms with E-state index in [2.05, 4.69) is 20.4 Å². The molecule has 0 fully saturated rings. The summed E-state index contributed by atoms with van der Waals surface area (Å²) in [6, 6.07) is 0. The van der Waals surface area contributed by atoms with Crippen molar-refractivity contribution in [2.75, 3.05) is 11.9 Å². The second-order valence-corrected chi connectivity index (χ2v) is 4.41. The van der Waals surface area contributed by atoms with E-state index in [9.17, 15) is 0 Å². The molecule has 96 valence electrons. The summed E-state index contributed by atoms with van der Waals surface area (Å²) in [5.41, 5.74) is 2.12. The van der Waals surface area contributed by atoms with Crippen LogP contribution in [0.15, 0.2) is 18.7 Å². The molecule has 1 N–H and O–H groups in total. The van der Waals surface area contributed by atoms with Crippen LogP contribution in [0.4, 0.5) is 5.82 Å². The number of aryl methyl sites for hydroxylation is 1. The van der Waals surface area contributed by atoms with Gasteiger partial charge in [0.1, 0.15) is 17.3 Å². The molecule has 0 saturated heterocycles. The minimum Gasteiger partial charge on any atom is -0.368 e. The maximum Gasteiger partial charge on any atom is 0.137 e. The molecule has 0 aromatic carbocycles. The Balaban J connectivity index is 1.96. The molecule has 0 radical (unpaired) electrons. The van der Waals surface area contributed by atoms with Crippen molar-refractivity contribution in [1.29, 1.82) is 0 Å². The Kier molecular flexibility index (Phi) is 4.15. The molecule has 2 aromatic rings. The van der Waals surface area contributed by atoms with Gasteiger partial charge in [-0.15, -0.1) is 0 Å². The lowest BCUT2D eigenvalue weighted by Crippen LogP contribution is -2.13. The van der Waals surface area contributed by atoms with Gasteiger partial charge in [-0.3, -0.25) is 4.68 Å². The molecule has 5 nitrogen and oxygen atoms in total. The highest BCUT2D eigenvalue weighted by Gasteiger charge is 2.07. The standard InChI is InChI=1S/C12H16ClN5/c1-3-10-11(13)15-8-16-12(10)14-4-5-18-7-9(2)6-17-18/h6-8H,3-5H2,1-2H3,(H,14,15,16). The number of anilines is 1. The van der Waals surface area contributed by atoms with Crippen molar-refractivity contribution in [1.82, 2.24) is 19.7 Å².